The zero-order chi connectivity index (χ0) is 26.4. The maximum absolute atomic E-state index is 13.6. The van der Waals surface area contributed by atoms with Gasteiger partial charge >= 0.3 is 6.09 Å². The van der Waals surface area contributed by atoms with Crippen LogP contribution in [0.1, 0.15) is 25.0 Å². The summed E-state index contributed by atoms with van der Waals surface area (Å²) >= 11 is 12.3. The molecule has 1 aromatic carbocycles. The fourth-order valence-electron chi connectivity index (χ4n) is 4.34. The molecule has 3 heterocycles. The molecule has 3 aromatic rings. The molecule has 1 saturated carbocycles. The number of carbonyl (C=O) groups is 1. The first-order valence-corrected chi connectivity index (χ1v) is 13.8. The molecule has 0 unspecified atom stereocenters. The van der Waals surface area contributed by atoms with Crippen LogP contribution in [0, 0.1) is 18.3 Å². The molecular formula is C24H22Cl2N6O4S. The van der Waals surface area contributed by atoms with E-state index in [1.807, 2.05) is 0 Å². The summed E-state index contributed by atoms with van der Waals surface area (Å²) in [6.45, 7) is 1.81. The van der Waals surface area contributed by atoms with Crippen molar-refractivity contribution in [3.05, 3.63) is 64.5 Å². The van der Waals surface area contributed by atoms with Crippen LogP contribution in [0.3, 0.4) is 0 Å². The van der Waals surface area contributed by atoms with Crippen LogP contribution in [0.25, 0.3) is 5.69 Å². The van der Waals surface area contributed by atoms with Gasteiger partial charge < -0.3 is 15.0 Å². The van der Waals surface area contributed by atoms with Crippen LogP contribution in [-0.2, 0) is 14.6 Å². The van der Waals surface area contributed by atoms with E-state index in [2.05, 4.69) is 21.5 Å². The van der Waals surface area contributed by atoms with Gasteiger partial charge in [-0.15, -0.1) is 0 Å². The third kappa shape index (κ3) is 4.97. The molecule has 2 aromatic heterocycles. The largest absolute Gasteiger partial charge is 0.425 e. The van der Waals surface area contributed by atoms with Gasteiger partial charge in [-0.3, -0.25) is 0 Å². The molecular weight excluding hydrogens is 539 g/mol. The number of nitriles is 1. The fourth-order valence-corrected chi connectivity index (χ4v) is 6.71. The third-order valence-electron chi connectivity index (χ3n) is 6.40. The summed E-state index contributed by atoms with van der Waals surface area (Å²) in [4.78, 5) is 18.4. The number of aryl methyl sites for hydroxylation is 1. The Bertz CT molecular complexity index is 1520. The summed E-state index contributed by atoms with van der Waals surface area (Å²) < 4.78 is 34.5. The molecule has 13 heteroatoms. The van der Waals surface area contributed by atoms with Crippen molar-refractivity contribution in [2.45, 2.75) is 48.1 Å². The number of nitrogens with one attached hydrogen (secondary N) is 1. The predicted octanol–water partition coefficient (Wildman–Crippen LogP) is 4.04. The highest BCUT2D eigenvalue weighted by Crippen LogP contribution is 2.37. The maximum atomic E-state index is 13.6. The number of carbonyl (C=O) groups excluding carboxylic acids is 1. The number of nitrogens with zero attached hydrogens (tertiary/aromatic N) is 5. The molecule has 10 nitrogen and oxygen atoms in total. The first kappa shape index (κ1) is 25.3. The standard InChI is InChI=1S/C24H22Cl2N6O4S/c1-15-10-21(32(30-15)16-6-9-28-20(26)11-16)31-13-17(37(34,35)19-5-3-2-4-18(19)25)12-22(31)36-23(33)29-24(14-27)7-8-24/h2-6,9-11,17,22H,7-8,12-13H2,1H3,(H,29,33)/t17-,22+/m1/s1. The van der Waals surface area contributed by atoms with Crippen LogP contribution in [0.15, 0.2) is 53.6 Å². The summed E-state index contributed by atoms with van der Waals surface area (Å²) in [6.07, 6.45) is 0.840. The van der Waals surface area contributed by atoms with Crippen LogP contribution < -0.4 is 10.2 Å². The summed E-state index contributed by atoms with van der Waals surface area (Å²) in [5, 5.41) is 15.9. The summed E-state index contributed by atoms with van der Waals surface area (Å²) in [5.74, 6) is 0.510. The number of alkyl carbamates (subject to hydrolysis) is 1. The van der Waals surface area contributed by atoms with E-state index >= 15 is 0 Å². The number of aromatic nitrogens is 3. The monoisotopic (exact) mass is 560 g/mol. The SMILES string of the molecule is Cc1cc(N2C[C@H](S(=O)(=O)c3ccccc3Cl)C[C@@H]2OC(=O)NC2(C#N)CC2)n(-c2ccnc(Cl)c2)n1. The average molecular weight is 561 g/mol. The highest BCUT2D eigenvalue weighted by atomic mass is 35.5. The minimum absolute atomic E-state index is 0.0120. The predicted molar refractivity (Wildman–Crippen MR) is 136 cm³/mol. The highest BCUT2D eigenvalue weighted by molar-refractivity contribution is 7.92. The van der Waals surface area contributed by atoms with Gasteiger partial charge in [0.1, 0.15) is 16.5 Å². The van der Waals surface area contributed by atoms with Gasteiger partial charge in [0.05, 0.1) is 32.6 Å². The Morgan fingerprint density at radius 1 is 1.24 bits per heavy atom. The summed E-state index contributed by atoms with van der Waals surface area (Å²) in [7, 11) is -3.88. The molecule has 37 heavy (non-hydrogen) atoms. The van der Waals surface area contributed by atoms with Gasteiger partial charge in [-0.2, -0.15) is 10.4 Å². The lowest BCUT2D eigenvalue weighted by molar-refractivity contribution is 0.0997. The number of benzene rings is 1. The number of anilines is 1. The Hall–Kier alpha value is -3.33. The van der Waals surface area contributed by atoms with E-state index in [4.69, 9.17) is 27.9 Å². The van der Waals surface area contributed by atoms with E-state index in [-0.39, 0.29) is 28.0 Å². The van der Waals surface area contributed by atoms with Crippen molar-refractivity contribution >= 4 is 45.0 Å². The number of ether oxygens (including phenoxy) is 1. The van der Waals surface area contributed by atoms with Crippen molar-refractivity contribution in [3.63, 3.8) is 0 Å². The number of sulfone groups is 1. The molecule has 1 aliphatic carbocycles. The molecule has 192 valence electrons. The van der Waals surface area contributed by atoms with E-state index < -0.39 is 32.9 Å². The van der Waals surface area contributed by atoms with E-state index in [9.17, 15) is 18.5 Å². The maximum Gasteiger partial charge on any atom is 0.410 e. The van der Waals surface area contributed by atoms with Crippen molar-refractivity contribution in [3.8, 4) is 11.8 Å². The lowest BCUT2D eigenvalue weighted by atomic mass is 10.3. The second kappa shape index (κ2) is 9.52. The van der Waals surface area contributed by atoms with Gasteiger partial charge in [-0.05, 0) is 38.0 Å². The topological polar surface area (TPSA) is 130 Å². The second-order valence-corrected chi connectivity index (χ2v) is 12.0. The Morgan fingerprint density at radius 2 is 2.00 bits per heavy atom. The van der Waals surface area contributed by atoms with Crippen molar-refractivity contribution < 1.29 is 17.9 Å². The fraction of sp³-hybridized carbons (Fsp3) is 0.333. The van der Waals surface area contributed by atoms with Gasteiger partial charge in [-0.25, -0.2) is 22.9 Å². The first-order valence-electron chi connectivity index (χ1n) is 11.5. The second-order valence-electron chi connectivity index (χ2n) is 9.06. The van der Waals surface area contributed by atoms with Crippen LogP contribution >= 0.6 is 23.2 Å². The molecule has 2 fully saturated rings. The summed E-state index contributed by atoms with van der Waals surface area (Å²) in [5.41, 5.74) is 0.325. The Labute approximate surface area is 223 Å². The molecule has 1 N–H and O–H groups in total. The van der Waals surface area contributed by atoms with E-state index in [0.717, 1.165) is 0 Å². The molecule has 0 spiro atoms. The zero-order valence-electron chi connectivity index (χ0n) is 19.6. The van der Waals surface area contributed by atoms with Crippen molar-refractivity contribution in [2.75, 3.05) is 11.4 Å². The van der Waals surface area contributed by atoms with Gasteiger partial charge in [0.25, 0.3) is 0 Å². The van der Waals surface area contributed by atoms with Gasteiger partial charge in [-0.1, -0.05) is 35.3 Å². The molecule has 2 aliphatic rings. The van der Waals surface area contributed by atoms with E-state index in [0.29, 0.717) is 30.0 Å². The molecule has 1 aliphatic heterocycles. The minimum atomic E-state index is -3.88. The van der Waals surface area contributed by atoms with Gasteiger partial charge in [0, 0.05) is 31.3 Å². The van der Waals surface area contributed by atoms with Crippen molar-refractivity contribution in [2.24, 2.45) is 0 Å². The molecule has 5 rings (SSSR count). The van der Waals surface area contributed by atoms with Crippen LogP contribution in [0.4, 0.5) is 10.6 Å². The van der Waals surface area contributed by atoms with Gasteiger partial charge in [0.2, 0.25) is 0 Å². The quantitative estimate of drug-likeness (QED) is 0.447. The number of hydrogen-bond acceptors (Lipinski definition) is 8. The minimum Gasteiger partial charge on any atom is -0.425 e. The normalized spacial score (nSPS) is 20.3. The number of rotatable bonds is 6. The van der Waals surface area contributed by atoms with Crippen LogP contribution in [0.2, 0.25) is 10.2 Å². The Morgan fingerprint density at radius 3 is 2.68 bits per heavy atom. The lowest BCUT2D eigenvalue weighted by Crippen LogP contribution is -2.42. The number of hydrogen-bond donors (Lipinski definition) is 1. The van der Waals surface area contributed by atoms with E-state index in [1.54, 1.807) is 46.8 Å². The van der Waals surface area contributed by atoms with Crippen molar-refractivity contribution in [1.29, 1.82) is 5.26 Å². The van der Waals surface area contributed by atoms with Gasteiger partial charge in [0.15, 0.2) is 16.1 Å². The highest BCUT2D eigenvalue weighted by Gasteiger charge is 2.48. The van der Waals surface area contributed by atoms with Crippen LogP contribution in [-0.4, -0.2) is 52.8 Å². The summed E-state index contributed by atoms with van der Waals surface area (Å²) in [6, 6.07) is 13.4. The Balaban J connectivity index is 1.51. The lowest BCUT2D eigenvalue weighted by Gasteiger charge is -2.27. The molecule has 0 radical (unpaired) electrons. The number of halogens is 2. The number of amides is 1. The molecule has 1 amide bonds. The average Bonchev–Trinajstić information content (AvgIpc) is 3.32. The molecule has 2 atom stereocenters. The molecule has 1 saturated heterocycles. The zero-order valence-corrected chi connectivity index (χ0v) is 22.0. The number of pyridine rings is 1. The first-order chi connectivity index (χ1) is 17.6. The Kier molecular flexibility index (Phi) is 6.52. The smallest absolute Gasteiger partial charge is 0.410 e. The van der Waals surface area contributed by atoms with Crippen molar-refractivity contribution in [1.82, 2.24) is 20.1 Å². The van der Waals surface area contributed by atoms with Crippen LogP contribution in [0.5, 0.6) is 0 Å². The third-order valence-corrected chi connectivity index (χ3v) is 9.24. The molecule has 0 bridgehead atoms. The van der Waals surface area contributed by atoms with E-state index in [1.165, 1.54) is 18.3 Å².